The summed E-state index contributed by atoms with van der Waals surface area (Å²) in [4.78, 5) is 10.7. The predicted molar refractivity (Wildman–Crippen MR) is 61.3 cm³/mol. The maximum Gasteiger partial charge on any atom is 0.153 e. The predicted octanol–water partition coefficient (Wildman–Crippen LogP) is 2.66. The van der Waals surface area contributed by atoms with Crippen molar-refractivity contribution in [2.75, 3.05) is 0 Å². The minimum absolute atomic E-state index is 0.0534. The van der Waals surface area contributed by atoms with Crippen LogP contribution < -0.4 is 0 Å². The summed E-state index contributed by atoms with van der Waals surface area (Å²) in [6.45, 7) is 7.25. The second kappa shape index (κ2) is 5.15. The van der Waals surface area contributed by atoms with Gasteiger partial charge in [-0.1, -0.05) is 18.2 Å². The quantitative estimate of drug-likeness (QED) is 0.588. The molecule has 0 aromatic heterocycles. The van der Waals surface area contributed by atoms with Crippen molar-refractivity contribution in [2.45, 2.75) is 12.8 Å². The number of allylic oxidation sites excluding steroid dienone is 2. The van der Waals surface area contributed by atoms with Crippen LogP contribution in [0.4, 0.5) is 0 Å². The van der Waals surface area contributed by atoms with Crippen molar-refractivity contribution in [1.29, 1.82) is 0 Å². The van der Waals surface area contributed by atoms with Gasteiger partial charge in [-0.3, -0.25) is 4.79 Å². The van der Waals surface area contributed by atoms with E-state index in [9.17, 15) is 9.90 Å². The van der Waals surface area contributed by atoms with Crippen LogP contribution in [0.15, 0.2) is 37.4 Å². The molecule has 2 nitrogen and oxygen atoms in total. The molecule has 1 aromatic carbocycles. The highest BCUT2D eigenvalue weighted by atomic mass is 16.3. The summed E-state index contributed by atoms with van der Waals surface area (Å²) < 4.78 is 0. The number of hydrogen-bond acceptors (Lipinski definition) is 2. The number of carbonyl (C=O) groups excluding carboxylic acids is 1. The van der Waals surface area contributed by atoms with Crippen LogP contribution in [0.25, 0.3) is 0 Å². The Morgan fingerprint density at radius 1 is 1.20 bits per heavy atom. The third-order valence-corrected chi connectivity index (χ3v) is 2.15. The zero-order valence-corrected chi connectivity index (χ0v) is 8.57. The van der Waals surface area contributed by atoms with Crippen LogP contribution in [0.2, 0.25) is 0 Å². The third kappa shape index (κ3) is 2.56. The fraction of sp³-hybridized carbons (Fsp3) is 0.154. The van der Waals surface area contributed by atoms with Crippen molar-refractivity contribution in [1.82, 2.24) is 0 Å². The first-order valence-electron chi connectivity index (χ1n) is 4.74. The van der Waals surface area contributed by atoms with Crippen molar-refractivity contribution in [3.63, 3.8) is 0 Å². The minimum Gasteiger partial charge on any atom is -0.507 e. The molecular weight excluding hydrogens is 188 g/mol. The van der Waals surface area contributed by atoms with Crippen LogP contribution in [-0.2, 0) is 12.8 Å². The average molecular weight is 202 g/mol. The van der Waals surface area contributed by atoms with Crippen LogP contribution >= 0.6 is 0 Å². The monoisotopic (exact) mass is 202 g/mol. The van der Waals surface area contributed by atoms with Crippen molar-refractivity contribution in [3.8, 4) is 5.75 Å². The van der Waals surface area contributed by atoms with Crippen molar-refractivity contribution in [2.24, 2.45) is 0 Å². The van der Waals surface area contributed by atoms with E-state index in [0.29, 0.717) is 24.7 Å². The smallest absolute Gasteiger partial charge is 0.153 e. The summed E-state index contributed by atoms with van der Waals surface area (Å²) in [5.74, 6) is 0.0534. The average Bonchev–Trinajstić information content (AvgIpc) is 2.23. The van der Waals surface area contributed by atoms with E-state index < -0.39 is 0 Å². The van der Waals surface area contributed by atoms with Crippen molar-refractivity contribution < 1.29 is 9.90 Å². The van der Waals surface area contributed by atoms with E-state index in [4.69, 9.17) is 0 Å². The Morgan fingerprint density at radius 3 is 2.40 bits per heavy atom. The van der Waals surface area contributed by atoms with Gasteiger partial charge in [-0.15, -0.1) is 13.2 Å². The second-order valence-electron chi connectivity index (χ2n) is 3.30. The molecule has 15 heavy (non-hydrogen) atoms. The third-order valence-electron chi connectivity index (χ3n) is 2.15. The molecule has 0 radical (unpaired) electrons. The number of aromatic hydroxyl groups is 1. The highest BCUT2D eigenvalue weighted by molar-refractivity contribution is 5.80. The number of benzene rings is 1. The van der Waals surface area contributed by atoms with Gasteiger partial charge >= 0.3 is 0 Å². The topological polar surface area (TPSA) is 37.3 Å². The summed E-state index contributed by atoms with van der Waals surface area (Å²) in [5, 5.41) is 9.71. The molecule has 1 N–H and O–H groups in total. The minimum atomic E-state index is 0.0534. The van der Waals surface area contributed by atoms with E-state index >= 15 is 0 Å². The first kappa shape index (κ1) is 11.2. The van der Waals surface area contributed by atoms with Crippen LogP contribution in [0, 0.1) is 0 Å². The molecule has 0 aliphatic heterocycles. The lowest BCUT2D eigenvalue weighted by Crippen LogP contribution is -1.93. The molecule has 2 heteroatoms. The van der Waals surface area contributed by atoms with Gasteiger partial charge in [0.15, 0.2) is 6.29 Å². The Balaban J connectivity index is 3.23. The van der Waals surface area contributed by atoms with Gasteiger partial charge in [0.05, 0.1) is 5.56 Å². The fourth-order valence-corrected chi connectivity index (χ4v) is 1.47. The van der Waals surface area contributed by atoms with Crippen LogP contribution in [0.3, 0.4) is 0 Å². The highest BCUT2D eigenvalue weighted by Gasteiger charge is 2.07. The van der Waals surface area contributed by atoms with Crippen LogP contribution in [0.5, 0.6) is 5.75 Å². The molecule has 0 amide bonds. The standard InChI is InChI=1S/C13H14O2/c1-3-5-10-7-11(6-4-2)13(15)12(8-10)9-14/h3-4,7-9,15H,1-2,5-6H2. The van der Waals surface area contributed by atoms with Gasteiger partial charge in [-0.2, -0.15) is 0 Å². The Bertz CT molecular complexity index is 392. The van der Waals surface area contributed by atoms with E-state index in [-0.39, 0.29) is 5.75 Å². The lowest BCUT2D eigenvalue weighted by atomic mass is 10.0. The van der Waals surface area contributed by atoms with Gasteiger partial charge in [-0.05, 0) is 30.0 Å². The number of phenolic OH excluding ortho intramolecular Hbond substituents is 1. The van der Waals surface area contributed by atoms with Gasteiger partial charge in [0.2, 0.25) is 0 Å². The summed E-state index contributed by atoms with van der Waals surface area (Å²) in [6.07, 6.45) is 5.36. The molecule has 0 saturated carbocycles. The van der Waals surface area contributed by atoms with E-state index in [2.05, 4.69) is 13.2 Å². The van der Waals surface area contributed by atoms with E-state index in [0.717, 1.165) is 11.1 Å². The normalized spacial score (nSPS) is 9.60. The Morgan fingerprint density at radius 2 is 1.87 bits per heavy atom. The Hall–Kier alpha value is -1.83. The van der Waals surface area contributed by atoms with Gasteiger partial charge in [0.1, 0.15) is 5.75 Å². The largest absolute Gasteiger partial charge is 0.507 e. The first-order valence-corrected chi connectivity index (χ1v) is 4.74. The molecule has 0 atom stereocenters. The number of phenols is 1. The molecule has 0 spiro atoms. The molecule has 0 unspecified atom stereocenters. The number of carbonyl (C=O) groups is 1. The molecule has 78 valence electrons. The lowest BCUT2D eigenvalue weighted by molar-refractivity contribution is 0.112. The highest BCUT2D eigenvalue weighted by Crippen LogP contribution is 2.24. The molecular formula is C13H14O2. The lowest BCUT2D eigenvalue weighted by Gasteiger charge is -2.07. The van der Waals surface area contributed by atoms with Gasteiger partial charge in [0.25, 0.3) is 0 Å². The van der Waals surface area contributed by atoms with Gasteiger partial charge in [0, 0.05) is 0 Å². The number of aldehydes is 1. The SMILES string of the molecule is C=CCc1cc(C=O)c(O)c(CC=C)c1. The maximum absolute atomic E-state index is 10.7. The molecule has 1 aromatic rings. The Kier molecular flexibility index (Phi) is 3.86. The Labute approximate surface area is 89.6 Å². The molecule has 0 heterocycles. The maximum atomic E-state index is 10.7. The van der Waals surface area contributed by atoms with Gasteiger partial charge < -0.3 is 5.11 Å². The summed E-state index contributed by atoms with van der Waals surface area (Å²) in [7, 11) is 0. The molecule has 0 bridgehead atoms. The van der Waals surface area contributed by atoms with E-state index in [1.54, 1.807) is 18.2 Å². The fourth-order valence-electron chi connectivity index (χ4n) is 1.47. The molecule has 0 saturated heterocycles. The zero-order valence-electron chi connectivity index (χ0n) is 8.57. The number of hydrogen-bond donors (Lipinski definition) is 1. The second-order valence-corrected chi connectivity index (χ2v) is 3.30. The zero-order chi connectivity index (χ0) is 11.3. The van der Waals surface area contributed by atoms with E-state index in [1.807, 2.05) is 6.07 Å². The van der Waals surface area contributed by atoms with Crippen LogP contribution in [0.1, 0.15) is 21.5 Å². The van der Waals surface area contributed by atoms with Crippen molar-refractivity contribution in [3.05, 3.63) is 54.1 Å². The molecule has 1 rings (SSSR count). The number of rotatable bonds is 5. The van der Waals surface area contributed by atoms with Crippen LogP contribution in [-0.4, -0.2) is 11.4 Å². The van der Waals surface area contributed by atoms with Gasteiger partial charge in [-0.25, -0.2) is 0 Å². The first-order chi connectivity index (χ1) is 7.22. The summed E-state index contributed by atoms with van der Waals surface area (Å²) in [6, 6.07) is 3.54. The molecule has 0 fully saturated rings. The molecule has 0 aliphatic carbocycles. The summed E-state index contributed by atoms with van der Waals surface area (Å²) >= 11 is 0. The summed E-state index contributed by atoms with van der Waals surface area (Å²) in [5.41, 5.74) is 2.03. The van der Waals surface area contributed by atoms with Crippen molar-refractivity contribution >= 4 is 6.29 Å². The molecule has 0 aliphatic rings. The van der Waals surface area contributed by atoms with E-state index in [1.165, 1.54) is 0 Å².